The summed E-state index contributed by atoms with van der Waals surface area (Å²) >= 11 is 0. The summed E-state index contributed by atoms with van der Waals surface area (Å²) < 4.78 is 0. The molecular weight excluding hydrogens is 238 g/mol. The highest BCUT2D eigenvalue weighted by Crippen LogP contribution is 2.33. The summed E-state index contributed by atoms with van der Waals surface area (Å²) in [6.07, 6.45) is 2.32. The van der Waals surface area contributed by atoms with Crippen molar-refractivity contribution in [2.24, 2.45) is 11.3 Å². The molecule has 1 aliphatic heterocycles. The highest BCUT2D eigenvalue weighted by atomic mass is 16.2. The third kappa shape index (κ3) is 3.33. The molecule has 1 fully saturated rings. The molecule has 0 spiro atoms. The number of amides is 1. The molecule has 4 nitrogen and oxygen atoms in total. The van der Waals surface area contributed by atoms with Gasteiger partial charge in [0.2, 0.25) is 0 Å². The molecule has 2 rings (SSSR count). The van der Waals surface area contributed by atoms with Crippen molar-refractivity contribution < 1.29 is 4.79 Å². The van der Waals surface area contributed by atoms with E-state index in [0.29, 0.717) is 0 Å². The number of carbonyl (C=O) groups excluding carboxylic acids is 1. The summed E-state index contributed by atoms with van der Waals surface area (Å²) in [4.78, 5) is 14.4. The monoisotopic (exact) mass is 261 g/mol. The second-order valence-electron chi connectivity index (χ2n) is 6.06. The molecule has 1 amide bonds. The Morgan fingerprint density at radius 1 is 1.37 bits per heavy atom. The molecule has 19 heavy (non-hydrogen) atoms. The first-order valence-electron chi connectivity index (χ1n) is 6.83. The zero-order valence-corrected chi connectivity index (χ0v) is 11.7. The van der Waals surface area contributed by atoms with Gasteiger partial charge < -0.3 is 0 Å². The van der Waals surface area contributed by atoms with Gasteiger partial charge in [-0.1, -0.05) is 44.2 Å². The minimum Gasteiger partial charge on any atom is -0.293 e. The second kappa shape index (κ2) is 5.72. The van der Waals surface area contributed by atoms with Gasteiger partial charge in [0.15, 0.2) is 0 Å². The number of likely N-dealkylation sites (tertiary alicyclic amines) is 1. The molecule has 1 aromatic carbocycles. The van der Waals surface area contributed by atoms with Crippen LogP contribution in [0, 0.1) is 5.41 Å². The fourth-order valence-electron chi connectivity index (χ4n) is 2.93. The fraction of sp³-hybridized carbons (Fsp3) is 0.533. The van der Waals surface area contributed by atoms with Crippen LogP contribution in [0.2, 0.25) is 0 Å². The molecule has 0 radical (unpaired) electrons. The summed E-state index contributed by atoms with van der Waals surface area (Å²) in [5.74, 6) is 5.22. The van der Waals surface area contributed by atoms with Gasteiger partial charge in [-0.2, -0.15) is 0 Å². The van der Waals surface area contributed by atoms with Crippen LogP contribution in [0.25, 0.3) is 0 Å². The first-order valence-corrected chi connectivity index (χ1v) is 6.83. The van der Waals surface area contributed by atoms with E-state index in [4.69, 9.17) is 5.84 Å². The van der Waals surface area contributed by atoms with Crippen molar-refractivity contribution in [1.82, 2.24) is 10.3 Å². The zero-order chi connectivity index (χ0) is 13.9. The van der Waals surface area contributed by atoms with E-state index in [1.165, 1.54) is 6.42 Å². The Kier molecular flexibility index (Phi) is 4.22. The quantitative estimate of drug-likeness (QED) is 0.496. The highest BCUT2D eigenvalue weighted by Gasteiger charge is 2.34. The maximum Gasteiger partial charge on any atom is 0.255 e. The van der Waals surface area contributed by atoms with Gasteiger partial charge in [0.25, 0.3) is 5.91 Å². The molecule has 0 saturated carbocycles. The van der Waals surface area contributed by atoms with Crippen LogP contribution in [0.1, 0.15) is 38.3 Å². The molecule has 1 saturated heterocycles. The number of benzene rings is 1. The van der Waals surface area contributed by atoms with E-state index in [1.54, 1.807) is 0 Å². The summed E-state index contributed by atoms with van der Waals surface area (Å²) in [6, 6.07) is 9.57. The Balaban J connectivity index is 2.26. The van der Waals surface area contributed by atoms with E-state index >= 15 is 0 Å². The lowest BCUT2D eigenvalue weighted by atomic mass is 9.83. The minimum atomic E-state index is -0.286. The zero-order valence-electron chi connectivity index (χ0n) is 11.7. The maximum atomic E-state index is 12.1. The summed E-state index contributed by atoms with van der Waals surface area (Å²) in [5.41, 5.74) is 3.56. The molecule has 1 aromatic rings. The van der Waals surface area contributed by atoms with E-state index in [2.05, 4.69) is 24.2 Å². The third-order valence-corrected chi connectivity index (χ3v) is 3.80. The normalized spacial score (nSPS) is 20.8. The molecule has 0 aliphatic carbocycles. The largest absolute Gasteiger partial charge is 0.293 e. The predicted octanol–water partition coefficient (Wildman–Crippen LogP) is 1.84. The van der Waals surface area contributed by atoms with Crippen LogP contribution < -0.4 is 11.3 Å². The van der Waals surface area contributed by atoms with E-state index in [9.17, 15) is 4.79 Å². The van der Waals surface area contributed by atoms with E-state index in [-0.39, 0.29) is 17.4 Å². The van der Waals surface area contributed by atoms with Crippen LogP contribution in [0.4, 0.5) is 0 Å². The van der Waals surface area contributed by atoms with Gasteiger partial charge in [-0.15, -0.1) is 0 Å². The van der Waals surface area contributed by atoms with Crippen molar-refractivity contribution in [3.8, 4) is 0 Å². The first kappa shape index (κ1) is 14.0. The number of hydrazine groups is 1. The molecule has 0 aromatic heterocycles. The van der Waals surface area contributed by atoms with Gasteiger partial charge in [0.1, 0.15) is 6.04 Å². The van der Waals surface area contributed by atoms with Crippen molar-refractivity contribution in [3.63, 3.8) is 0 Å². The van der Waals surface area contributed by atoms with E-state index in [0.717, 1.165) is 25.1 Å². The molecule has 1 atom stereocenters. The number of hydrogen-bond acceptors (Lipinski definition) is 3. The Morgan fingerprint density at radius 3 is 2.63 bits per heavy atom. The predicted molar refractivity (Wildman–Crippen MR) is 76.1 cm³/mol. The number of nitrogens with one attached hydrogen (secondary N) is 1. The second-order valence-corrected chi connectivity index (χ2v) is 6.06. The fourth-order valence-corrected chi connectivity index (χ4v) is 2.93. The molecular formula is C15H23N3O. The SMILES string of the molecule is CC1(C)CCCN(C(C(=O)NN)c2ccccc2)C1. The van der Waals surface area contributed by atoms with Gasteiger partial charge >= 0.3 is 0 Å². The number of nitrogens with zero attached hydrogens (tertiary/aromatic N) is 1. The van der Waals surface area contributed by atoms with E-state index in [1.807, 2.05) is 30.3 Å². The van der Waals surface area contributed by atoms with Crippen molar-refractivity contribution in [2.45, 2.75) is 32.7 Å². The van der Waals surface area contributed by atoms with Gasteiger partial charge in [-0.05, 0) is 30.4 Å². The summed E-state index contributed by atoms with van der Waals surface area (Å²) in [5, 5.41) is 0. The Labute approximate surface area is 114 Å². The molecule has 1 aliphatic rings. The third-order valence-electron chi connectivity index (χ3n) is 3.80. The molecule has 1 heterocycles. The van der Waals surface area contributed by atoms with Crippen LogP contribution >= 0.6 is 0 Å². The molecule has 3 N–H and O–H groups in total. The Hall–Kier alpha value is -1.39. The lowest BCUT2D eigenvalue weighted by Gasteiger charge is -2.41. The average Bonchev–Trinajstić information content (AvgIpc) is 2.39. The lowest BCUT2D eigenvalue weighted by molar-refractivity contribution is -0.128. The van der Waals surface area contributed by atoms with Crippen LogP contribution in [-0.2, 0) is 4.79 Å². The van der Waals surface area contributed by atoms with Gasteiger partial charge in [0, 0.05) is 6.54 Å². The van der Waals surface area contributed by atoms with Crippen molar-refractivity contribution in [3.05, 3.63) is 35.9 Å². The number of nitrogens with two attached hydrogens (primary N) is 1. The number of carbonyl (C=O) groups is 1. The smallest absolute Gasteiger partial charge is 0.255 e. The van der Waals surface area contributed by atoms with Crippen LogP contribution in [0.3, 0.4) is 0 Å². The molecule has 0 bridgehead atoms. The van der Waals surface area contributed by atoms with Gasteiger partial charge in [-0.3, -0.25) is 15.1 Å². The Bertz CT molecular complexity index is 430. The number of hydrogen-bond donors (Lipinski definition) is 2. The molecule has 1 unspecified atom stereocenters. The standard InChI is InChI=1S/C15H23N3O/c1-15(2)9-6-10-18(11-15)13(14(19)17-16)12-7-4-3-5-8-12/h3-5,7-8,13H,6,9-11,16H2,1-2H3,(H,17,19). The van der Waals surface area contributed by atoms with Crippen molar-refractivity contribution in [1.29, 1.82) is 0 Å². The molecule has 4 heteroatoms. The topological polar surface area (TPSA) is 58.4 Å². The minimum absolute atomic E-state index is 0.135. The van der Waals surface area contributed by atoms with Crippen LogP contribution in [0.15, 0.2) is 30.3 Å². The molecule has 104 valence electrons. The number of piperidine rings is 1. The average molecular weight is 261 g/mol. The maximum absolute atomic E-state index is 12.1. The number of rotatable bonds is 3. The van der Waals surface area contributed by atoms with Crippen LogP contribution in [0.5, 0.6) is 0 Å². The van der Waals surface area contributed by atoms with Crippen LogP contribution in [-0.4, -0.2) is 23.9 Å². The van der Waals surface area contributed by atoms with E-state index < -0.39 is 0 Å². The highest BCUT2D eigenvalue weighted by molar-refractivity contribution is 5.82. The van der Waals surface area contributed by atoms with Gasteiger partial charge in [0.05, 0.1) is 0 Å². The van der Waals surface area contributed by atoms with Crippen molar-refractivity contribution in [2.75, 3.05) is 13.1 Å². The summed E-state index contributed by atoms with van der Waals surface area (Å²) in [6.45, 7) is 6.36. The Morgan fingerprint density at radius 2 is 2.05 bits per heavy atom. The van der Waals surface area contributed by atoms with Crippen molar-refractivity contribution >= 4 is 5.91 Å². The first-order chi connectivity index (χ1) is 9.03. The lowest BCUT2D eigenvalue weighted by Crippen LogP contribution is -2.48. The summed E-state index contributed by atoms with van der Waals surface area (Å²) in [7, 11) is 0. The van der Waals surface area contributed by atoms with Gasteiger partial charge in [-0.25, -0.2) is 5.84 Å².